The normalized spacial score (nSPS) is 18.5. The van der Waals surface area contributed by atoms with E-state index >= 15 is 0 Å². The lowest BCUT2D eigenvalue weighted by Crippen LogP contribution is -2.36. The number of anilines is 1. The first kappa shape index (κ1) is 19.7. The van der Waals surface area contributed by atoms with Gasteiger partial charge in [-0.25, -0.2) is 9.48 Å². The van der Waals surface area contributed by atoms with Gasteiger partial charge in [0, 0.05) is 32.1 Å². The number of fused-ring (bicyclic) bond motifs is 2. The number of benzene rings is 1. The van der Waals surface area contributed by atoms with Crippen LogP contribution in [-0.2, 0) is 25.9 Å². The summed E-state index contributed by atoms with van der Waals surface area (Å²) in [6, 6.07) is 5.99. The molecule has 1 unspecified atom stereocenters. The van der Waals surface area contributed by atoms with Crippen LogP contribution in [0.3, 0.4) is 0 Å². The van der Waals surface area contributed by atoms with E-state index in [2.05, 4.69) is 35.6 Å². The molecule has 3 heterocycles. The Morgan fingerprint density at radius 3 is 3.00 bits per heavy atom. The fraction of sp³-hybridized carbons (Fsp3) is 0.591. The summed E-state index contributed by atoms with van der Waals surface area (Å²) in [5.41, 5.74) is 2.90. The molecule has 156 valence electrons. The van der Waals surface area contributed by atoms with Gasteiger partial charge in [-0.15, -0.1) is 0 Å². The second kappa shape index (κ2) is 8.43. The van der Waals surface area contributed by atoms with E-state index in [1.165, 1.54) is 5.56 Å². The highest BCUT2D eigenvalue weighted by Crippen LogP contribution is 2.26. The van der Waals surface area contributed by atoms with E-state index in [1.54, 1.807) is 9.25 Å². The predicted octanol–water partition coefficient (Wildman–Crippen LogP) is 2.58. The predicted molar refractivity (Wildman–Crippen MR) is 113 cm³/mol. The van der Waals surface area contributed by atoms with Gasteiger partial charge in [-0.3, -0.25) is 9.36 Å². The summed E-state index contributed by atoms with van der Waals surface area (Å²) in [5.74, 6) is 1.35. The van der Waals surface area contributed by atoms with Crippen molar-refractivity contribution in [3.63, 3.8) is 0 Å². The number of hydrogen-bond donors (Lipinski definition) is 2. The summed E-state index contributed by atoms with van der Waals surface area (Å²) in [6.45, 7) is 6.48. The Kier molecular flexibility index (Phi) is 5.74. The molecule has 0 radical (unpaired) electrons. The van der Waals surface area contributed by atoms with Crippen LogP contribution in [-0.4, -0.2) is 32.8 Å². The fourth-order valence-corrected chi connectivity index (χ4v) is 4.26. The van der Waals surface area contributed by atoms with E-state index in [9.17, 15) is 9.59 Å². The molecule has 7 heteroatoms. The maximum Gasteiger partial charge on any atom is 0.345 e. The topological polar surface area (TPSA) is 81.0 Å². The first-order valence-corrected chi connectivity index (χ1v) is 10.9. The van der Waals surface area contributed by atoms with Crippen molar-refractivity contribution in [3.8, 4) is 0 Å². The van der Waals surface area contributed by atoms with Gasteiger partial charge in [0.25, 0.3) is 5.91 Å². The highest BCUT2D eigenvalue weighted by atomic mass is 16.2. The van der Waals surface area contributed by atoms with Crippen molar-refractivity contribution in [1.82, 2.24) is 19.7 Å². The average Bonchev–Trinajstić information content (AvgIpc) is 2.88. The van der Waals surface area contributed by atoms with Crippen LogP contribution in [0.15, 0.2) is 23.0 Å². The molecule has 0 aliphatic carbocycles. The van der Waals surface area contributed by atoms with Crippen LogP contribution in [0.25, 0.3) is 0 Å². The number of nitrogens with one attached hydrogen (secondary N) is 2. The van der Waals surface area contributed by atoms with Crippen LogP contribution in [0.4, 0.5) is 5.69 Å². The van der Waals surface area contributed by atoms with Gasteiger partial charge in [-0.05, 0) is 49.7 Å². The van der Waals surface area contributed by atoms with Crippen molar-refractivity contribution in [1.29, 1.82) is 0 Å². The van der Waals surface area contributed by atoms with Gasteiger partial charge in [-0.2, -0.15) is 5.10 Å². The fourth-order valence-electron chi connectivity index (χ4n) is 4.26. The third kappa shape index (κ3) is 4.23. The Hall–Kier alpha value is -2.57. The smallest absolute Gasteiger partial charge is 0.345 e. The molecule has 0 bridgehead atoms. The summed E-state index contributed by atoms with van der Waals surface area (Å²) in [7, 11) is 0. The number of aromatic nitrogens is 3. The average molecular weight is 398 g/mol. The monoisotopic (exact) mass is 397 g/mol. The first-order valence-electron chi connectivity index (χ1n) is 10.9. The zero-order valence-corrected chi connectivity index (χ0v) is 17.4. The maximum atomic E-state index is 12.9. The lowest BCUT2D eigenvalue weighted by Gasteiger charge is -2.22. The van der Waals surface area contributed by atoms with Crippen LogP contribution >= 0.6 is 0 Å². The molecule has 29 heavy (non-hydrogen) atoms. The number of nitrogens with zero attached hydrogens (tertiary/aromatic N) is 3. The molecular weight excluding hydrogens is 366 g/mol. The van der Waals surface area contributed by atoms with E-state index in [0.717, 1.165) is 55.7 Å². The van der Waals surface area contributed by atoms with Gasteiger partial charge in [0.15, 0.2) is 0 Å². The highest BCUT2D eigenvalue weighted by Gasteiger charge is 2.24. The number of aryl methyl sites for hydroxylation is 3. The van der Waals surface area contributed by atoms with Gasteiger partial charge in [0.05, 0.1) is 11.3 Å². The molecule has 2 aliphatic rings. The number of carbonyl (C=O) groups excluding carboxylic acids is 1. The minimum Gasteiger partial charge on any atom is -0.384 e. The second-order valence-corrected chi connectivity index (χ2v) is 8.62. The molecular formula is C22H31N5O2. The quantitative estimate of drug-likeness (QED) is 0.813. The molecule has 0 spiro atoms. The largest absolute Gasteiger partial charge is 0.384 e. The molecule has 4 rings (SSSR count). The van der Waals surface area contributed by atoms with E-state index < -0.39 is 0 Å². The first-order chi connectivity index (χ1) is 14.0. The number of carbonyl (C=O) groups is 1. The molecule has 2 aliphatic heterocycles. The van der Waals surface area contributed by atoms with E-state index in [0.29, 0.717) is 25.4 Å². The molecule has 1 aromatic carbocycles. The van der Waals surface area contributed by atoms with Crippen molar-refractivity contribution in [3.05, 3.63) is 45.6 Å². The van der Waals surface area contributed by atoms with Crippen molar-refractivity contribution in [2.45, 2.75) is 71.5 Å². The second-order valence-electron chi connectivity index (χ2n) is 8.62. The zero-order chi connectivity index (χ0) is 20.4. The zero-order valence-electron chi connectivity index (χ0n) is 17.4. The lowest BCUT2D eigenvalue weighted by molar-refractivity contribution is 0.0933. The number of rotatable bonds is 5. The van der Waals surface area contributed by atoms with E-state index in [1.807, 2.05) is 12.1 Å². The SMILES string of the molecule is CC(C)CCn1nc2n(c1=O)CCC(NC(=O)c1cccc3c1NCCC3)CC2. The summed E-state index contributed by atoms with van der Waals surface area (Å²) in [6.07, 6.45) is 5.31. The summed E-state index contributed by atoms with van der Waals surface area (Å²) in [5, 5.41) is 11.1. The van der Waals surface area contributed by atoms with Crippen molar-refractivity contribution in [2.75, 3.05) is 11.9 Å². The van der Waals surface area contributed by atoms with Gasteiger partial charge in [-0.1, -0.05) is 26.0 Å². The Bertz CT molecular complexity index is 943. The molecule has 1 amide bonds. The minimum absolute atomic E-state index is 0.0195. The van der Waals surface area contributed by atoms with Crippen molar-refractivity contribution < 1.29 is 4.79 Å². The van der Waals surface area contributed by atoms with Gasteiger partial charge >= 0.3 is 5.69 Å². The Balaban J connectivity index is 1.42. The molecule has 0 saturated heterocycles. The molecule has 2 N–H and O–H groups in total. The van der Waals surface area contributed by atoms with Gasteiger partial charge < -0.3 is 10.6 Å². The molecule has 1 aromatic heterocycles. The molecule has 1 atom stereocenters. The summed E-state index contributed by atoms with van der Waals surface area (Å²) >= 11 is 0. The highest BCUT2D eigenvalue weighted by molar-refractivity contribution is 6.00. The van der Waals surface area contributed by atoms with Crippen LogP contribution in [0.1, 0.15) is 61.3 Å². The van der Waals surface area contributed by atoms with Gasteiger partial charge in [0.1, 0.15) is 5.82 Å². The Morgan fingerprint density at radius 2 is 2.17 bits per heavy atom. The van der Waals surface area contributed by atoms with Gasteiger partial charge in [0.2, 0.25) is 0 Å². The number of para-hydroxylation sites is 1. The Morgan fingerprint density at radius 1 is 1.31 bits per heavy atom. The van der Waals surface area contributed by atoms with Crippen LogP contribution in [0.5, 0.6) is 0 Å². The third-order valence-electron chi connectivity index (χ3n) is 5.99. The molecule has 0 saturated carbocycles. The van der Waals surface area contributed by atoms with Crippen LogP contribution in [0, 0.1) is 5.92 Å². The van der Waals surface area contributed by atoms with Crippen LogP contribution in [0.2, 0.25) is 0 Å². The summed E-state index contributed by atoms with van der Waals surface area (Å²) < 4.78 is 3.40. The van der Waals surface area contributed by atoms with Crippen molar-refractivity contribution >= 4 is 11.6 Å². The van der Waals surface area contributed by atoms with Crippen molar-refractivity contribution in [2.24, 2.45) is 5.92 Å². The van der Waals surface area contributed by atoms with E-state index in [-0.39, 0.29) is 17.6 Å². The van der Waals surface area contributed by atoms with E-state index in [4.69, 9.17) is 0 Å². The Labute approximate surface area is 171 Å². The number of hydrogen-bond acceptors (Lipinski definition) is 4. The standard InChI is InChI=1S/C22H31N5O2/c1-15(2)10-14-27-22(29)26-13-11-17(8-9-19(26)25-27)24-21(28)18-7-3-5-16-6-4-12-23-20(16)18/h3,5,7,15,17,23H,4,6,8-14H2,1-2H3,(H,24,28). The molecule has 7 nitrogen and oxygen atoms in total. The number of amides is 1. The lowest BCUT2D eigenvalue weighted by atomic mass is 9.98. The summed E-state index contributed by atoms with van der Waals surface area (Å²) in [4.78, 5) is 25.6. The minimum atomic E-state index is -0.0323. The maximum absolute atomic E-state index is 12.9. The third-order valence-corrected chi connectivity index (χ3v) is 5.99. The van der Waals surface area contributed by atoms with Crippen LogP contribution < -0.4 is 16.3 Å². The molecule has 2 aromatic rings. The molecule has 0 fully saturated rings.